The van der Waals surface area contributed by atoms with Gasteiger partial charge in [-0.1, -0.05) is 0 Å². The number of pyridine rings is 1. The molecule has 11 nitrogen and oxygen atoms in total. The summed E-state index contributed by atoms with van der Waals surface area (Å²) in [6.07, 6.45) is 0.0721. The van der Waals surface area contributed by atoms with Crippen LogP contribution in [0.3, 0.4) is 0 Å². The monoisotopic (exact) mass is 551 g/mol. The van der Waals surface area contributed by atoms with Crippen LogP contribution in [0, 0.1) is 11.6 Å². The molecule has 0 saturated carbocycles. The number of rotatable bonds is 6. The summed E-state index contributed by atoms with van der Waals surface area (Å²) in [6, 6.07) is 2.91. The lowest BCUT2D eigenvalue weighted by Crippen LogP contribution is -2.56. The summed E-state index contributed by atoms with van der Waals surface area (Å²) in [6.45, 7) is 1.99. The van der Waals surface area contributed by atoms with Crippen LogP contribution in [0.2, 0.25) is 0 Å². The number of carbonyl (C=O) groups is 1. The number of benzene rings is 1. The van der Waals surface area contributed by atoms with E-state index in [4.69, 9.17) is 0 Å². The predicted molar refractivity (Wildman–Crippen MR) is 133 cm³/mol. The average molecular weight is 552 g/mol. The molecule has 3 aromatic rings. The number of hydrogen-bond donors (Lipinski definition) is 2. The molecule has 0 bridgehead atoms. The van der Waals surface area contributed by atoms with Crippen molar-refractivity contribution in [3.63, 3.8) is 0 Å². The van der Waals surface area contributed by atoms with Gasteiger partial charge < -0.3 is 10.2 Å². The number of fused-ring (bicyclic) bond motifs is 1. The lowest BCUT2D eigenvalue weighted by atomic mass is 10.0. The fourth-order valence-electron chi connectivity index (χ4n) is 4.49. The van der Waals surface area contributed by atoms with Gasteiger partial charge in [0.15, 0.2) is 5.82 Å². The van der Waals surface area contributed by atoms with Crippen LogP contribution in [-0.2, 0) is 22.1 Å². The van der Waals surface area contributed by atoms with Gasteiger partial charge in [0.2, 0.25) is 11.9 Å². The van der Waals surface area contributed by atoms with Gasteiger partial charge in [0.1, 0.15) is 17.6 Å². The van der Waals surface area contributed by atoms with Gasteiger partial charge in [0, 0.05) is 51.7 Å². The van der Waals surface area contributed by atoms with E-state index in [0.29, 0.717) is 18.5 Å². The summed E-state index contributed by atoms with van der Waals surface area (Å²) in [5.41, 5.74) is -2.24. The van der Waals surface area contributed by atoms with E-state index in [1.165, 1.54) is 26.2 Å². The fraction of sp³-hybridized carbons (Fsp3) is 0.391. The SMILES string of the molecule is CC(=O)N1CC(Nc2ncc3cc(-c4c(F)ccc(NS(=O)(=O)N5CCC(F)C5)c4F)c(=O)n(C)c3n2)C1. The van der Waals surface area contributed by atoms with E-state index in [9.17, 15) is 26.8 Å². The zero-order chi connectivity index (χ0) is 27.4. The Balaban J connectivity index is 1.47. The molecule has 1 unspecified atom stereocenters. The molecule has 2 saturated heterocycles. The van der Waals surface area contributed by atoms with Crippen LogP contribution in [0.1, 0.15) is 13.3 Å². The quantitative estimate of drug-likeness (QED) is 0.476. The number of aromatic nitrogens is 3. The largest absolute Gasteiger partial charge is 0.348 e. The summed E-state index contributed by atoms with van der Waals surface area (Å²) >= 11 is 0. The van der Waals surface area contributed by atoms with Crippen LogP contribution in [-0.4, -0.2) is 76.5 Å². The Hall–Kier alpha value is -3.72. The number of hydrogen-bond acceptors (Lipinski definition) is 7. The van der Waals surface area contributed by atoms with E-state index in [2.05, 4.69) is 15.3 Å². The fourth-order valence-corrected chi connectivity index (χ4v) is 5.76. The molecule has 2 aliphatic heterocycles. The first kappa shape index (κ1) is 25.9. The van der Waals surface area contributed by atoms with Gasteiger partial charge in [-0.15, -0.1) is 0 Å². The van der Waals surface area contributed by atoms with Crippen molar-refractivity contribution in [3.05, 3.63) is 46.4 Å². The molecule has 1 amide bonds. The smallest absolute Gasteiger partial charge is 0.301 e. The molecule has 1 atom stereocenters. The molecule has 0 radical (unpaired) electrons. The minimum atomic E-state index is -4.30. The second-order valence-electron chi connectivity index (χ2n) is 9.30. The molecule has 38 heavy (non-hydrogen) atoms. The van der Waals surface area contributed by atoms with E-state index in [0.717, 1.165) is 21.0 Å². The third-order valence-electron chi connectivity index (χ3n) is 6.64. The number of nitrogens with one attached hydrogen (secondary N) is 2. The molecule has 4 heterocycles. The van der Waals surface area contributed by atoms with Crippen molar-refractivity contribution in [1.82, 2.24) is 23.7 Å². The highest BCUT2D eigenvalue weighted by atomic mass is 32.2. The Kier molecular flexibility index (Phi) is 6.51. The van der Waals surface area contributed by atoms with E-state index in [1.807, 2.05) is 4.72 Å². The number of halogens is 3. The highest BCUT2D eigenvalue weighted by Gasteiger charge is 2.33. The summed E-state index contributed by atoms with van der Waals surface area (Å²) in [4.78, 5) is 34.7. The van der Waals surface area contributed by atoms with Crippen LogP contribution >= 0.6 is 0 Å². The normalized spacial score (nSPS) is 18.6. The molecule has 5 rings (SSSR count). The van der Waals surface area contributed by atoms with Gasteiger partial charge in [-0.25, -0.2) is 18.2 Å². The van der Waals surface area contributed by atoms with Crippen LogP contribution < -0.4 is 15.6 Å². The molecule has 2 N–H and O–H groups in total. The van der Waals surface area contributed by atoms with Gasteiger partial charge in [-0.2, -0.15) is 17.7 Å². The molecule has 0 aliphatic carbocycles. The number of aryl methyl sites for hydroxylation is 1. The first-order valence-corrected chi connectivity index (χ1v) is 13.2. The maximum atomic E-state index is 15.5. The maximum Gasteiger partial charge on any atom is 0.301 e. The Bertz CT molecular complexity index is 1610. The number of likely N-dealkylation sites (tertiary alicyclic amines) is 1. The van der Waals surface area contributed by atoms with Crippen LogP contribution in [0.5, 0.6) is 0 Å². The van der Waals surface area contributed by atoms with E-state index >= 15 is 4.39 Å². The Morgan fingerprint density at radius 2 is 1.92 bits per heavy atom. The van der Waals surface area contributed by atoms with Gasteiger partial charge >= 0.3 is 10.2 Å². The van der Waals surface area contributed by atoms with Crippen LogP contribution in [0.25, 0.3) is 22.2 Å². The molecule has 0 spiro atoms. The Labute approximate surface area is 215 Å². The van der Waals surface area contributed by atoms with Gasteiger partial charge in [0.05, 0.1) is 22.9 Å². The van der Waals surface area contributed by atoms with Crippen molar-refractivity contribution < 1.29 is 26.4 Å². The predicted octanol–water partition coefficient (Wildman–Crippen LogP) is 1.62. The van der Waals surface area contributed by atoms with Crippen LogP contribution in [0.4, 0.5) is 24.8 Å². The summed E-state index contributed by atoms with van der Waals surface area (Å²) in [5.74, 6) is -2.19. The molecular formula is C23H24F3N7O4S. The number of anilines is 2. The van der Waals surface area contributed by atoms with E-state index < -0.39 is 44.8 Å². The topological polar surface area (TPSA) is 130 Å². The number of amides is 1. The minimum absolute atomic E-state index is 0.0159. The van der Waals surface area contributed by atoms with Crippen molar-refractivity contribution in [2.75, 3.05) is 36.2 Å². The molecule has 2 aromatic heterocycles. The lowest BCUT2D eigenvalue weighted by Gasteiger charge is -2.38. The number of alkyl halides is 1. The average Bonchev–Trinajstić information content (AvgIpc) is 3.28. The number of carbonyl (C=O) groups excluding carboxylic acids is 1. The van der Waals surface area contributed by atoms with Gasteiger partial charge in [-0.3, -0.25) is 18.9 Å². The molecule has 202 valence electrons. The van der Waals surface area contributed by atoms with Gasteiger partial charge in [-0.05, 0) is 24.6 Å². The maximum absolute atomic E-state index is 15.5. The highest BCUT2D eigenvalue weighted by molar-refractivity contribution is 7.90. The highest BCUT2D eigenvalue weighted by Crippen LogP contribution is 2.31. The summed E-state index contributed by atoms with van der Waals surface area (Å²) < 4.78 is 73.0. The first-order chi connectivity index (χ1) is 17.9. The van der Waals surface area contributed by atoms with Crippen LogP contribution in [0.15, 0.2) is 29.2 Å². The molecule has 15 heteroatoms. The lowest BCUT2D eigenvalue weighted by molar-refractivity contribution is -0.132. The zero-order valence-corrected chi connectivity index (χ0v) is 21.2. The van der Waals surface area contributed by atoms with Crippen molar-refractivity contribution in [2.24, 2.45) is 7.05 Å². The number of nitrogens with zero attached hydrogens (tertiary/aromatic N) is 5. The van der Waals surface area contributed by atoms with Crippen molar-refractivity contribution in [3.8, 4) is 11.1 Å². The zero-order valence-electron chi connectivity index (χ0n) is 20.4. The molecule has 2 aliphatic rings. The molecule has 2 fully saturated rings. The molecule has 1 aromatic carbocycles. The second-order valence-corrected chi connectivity index (χ2v) is 11.0. The Morgan fingerprint density at radius 1 is 1.18 bits per heavy atom. The van der Waals surface area contributed by atoms with Crippen molar-refractivity contribution >= 4 is 38.8 Å². The van der Waals surface area contributed by atoms with Crippen molar-refractivity contribution in [2.45, 2.75) is 25.6 Å². The van der Waals surface area contributed by atoms with E-state index in [1.54, 1.807) is 4.90 Å². The Morgan fingerprint density at radius 3 is 2.58 bits per heavy atom. The minimum Gasteiger partial charge on any atom is -0.348 e. The third-order valence-corrected chi connectivity index (χ3v) is 8.13. The molecular weight excluding hydrogens is 527 g/mol. The van der Waals surface area contributed by atoms with E-state index in [-0.39, 0.29) is 48.6 Å². The first-order valence-electron chi connectivity index (χ1n) is 11.7. The third kappa shape index (κ3) is 4.67. The van der Waals surface area contributed by atoms with Gasteiger partial charge in [0.25, 0.3) is 5.56 Å². The van der Waals surface area contributed by atoms with Crippen molar-refractivity contribution in [1.29, 1.82) is 0 Å². The summed E-state index contributed by atoms with van der Waals surface area (Å²) in [5, 5.41) is 3.39. The summed E-state index contributed by atoms with van der Waals surface area (Å²) in [7, 11) is -2.92. The second kappa shape index (κ2) is 9.54. The standard InChI is InChI=1S/C23H24F3N7O4S/c1-12(34)32-10-15(11-32)28-23-27-8-13-7-16(22(35)31(2)21(13)29-23)19-17(25)3-4-18(20(19)26)30-38(36,37)33-6-5-14(24)9-33/h3-4,7-8,14-15,30H,5-6,9-11H2,1-2H3,(H,27,28,29).